The lowest BCUT2D eigenvalue weighted by molar-refractivity contribution is -0.125. The predicted octanol–water partition coefficient (Wildman–Crippen LogP) is -0.384. The summed E-state index contributed by atoms with van der Waals surface area (Å²) in [4.78, 5) is 30.7. The molecule has 1 aromatic carbocycles. The quantitative estimate of drug-likeness (QED) is 0.325. The van der Waals surface area contributed by atoms with E-state index in [1.54, 1.807) is 6.20 Å². The number of hydrogen-bond donors (Lipinski definition) is 5. The van der Waals surface area contributed by atoms with Crippen LogP contribution in [0.2, 0.25) is 0 Å². The van der Waals surface area contributed by atoms with Crippen LogP contribution < -0.4 is 27.8 Å². The highest BCUT2D eigenvalue weighted by molar-refractivity contribution is 5.96. The van der Waals surface area contributed by atoms with E-state index in [-0.39, 0.29) is 18.4 Å². The summed E-state index contributed by atoms with van der Waals surface area (Å²) in [5.41, 5.74) is 18.5. The fourth-order valence-electron chi connectivity index (χ4n) is 3.01. The number of benzene rings is 1. The third-order valence-electron chi connectivity index (χ3n) is 4.51. The number of nitrogens with two attached hydrogens (primary N) is 3. The fourth-order valence-corrected chi connectivity index (χ4v) is 3.01. The lowest BCUT2D eigenvalue weighted by Crippen LogP contribution is -2.44. The van der Waals surface area contributed by atoms with Gasteiger partial charge in [0.2, 0.25) is 11.8 Å². The number of carbonyl (C=O) groups is 2. The number of pyridine rings is 1. The first-order valence-electron chi connectivity index (χ1n) is 9.84. The van der Waals surface area contributed by atoms with E-state index in [9.17, 15) is 9.59 Å². The zero-order valence-electron chi connectivity index (χ0n) is 16.6. The maximum atomic E-state index is 12.1. The molecule has 2 aromatic rings. The second kappa shape index (κ2) is 12.1. The van der Waals surface area contributed by atoms with Crippen LogP contribution in [0.1, 0.15) is 12.8 Å². The van der Waals surface area contributed by atoms with Crippen molar-refractivity contribution >= 4 is 28.4 Å². The molecule has 9 nitrogen and oxygen atoms in total. The van der Waals surface area contributed by atoms with Crippen molar-refractivity contribution in [2.75, 3.05) is 44.6 Å². The number of hydrogen-bond acceptors (Lipinski definition) is 7. The van der Waals surface area contributed by atoms with Crippen LogP contribution in [0, 0.1) is 0 Å². The van der Waals surface area contributed by atoms with Crippen molar-refractivity contribution < 1.29 is 9.59 Å². The topological polar surface area (TPSA) is 152 Å². The third kappa shape index (κ3) is 7.74. The highest BCUT2D eigenvalue weighted by atomic mass is 16.2. The van der Waals surface area contributed by atoms with E-state index in [2.05, 4.69) is 20.5 Å². The molecular weight excluding hydrogens is 370 g/mol. The normalized spacial score (nSPS) is 12.1. The standard InChI is InChI=1S/C20H31N7O2/c21-7-10-27(11-8-22)9-3-5-17(23)20(29)25-14-19(28)26-16-12-15-4-1-2-6-18(15)24-13-16/h1-2,4,6,12-13,17H,3,5,7-11,14,21-23H2,(H,25,29)(H,26,28). The minimum atomic E-state index is -0.664. The molecule has 0 fully saturated rings. The highest BCUT2D eigenvalue weighted by Gasteiger charge is 2.15. The van der Waals surface area contributed by atoms with Gasteiger partial charge in [-0.15, -0.1) is 0 Å². The average Bonchev–Trinajstić information content (AvgIpc) is 2.72. The minimum absolute atomic E-state index is 0.147. The van der Waals surface area contributed by atoms with Gasteiger partial charge in [-0.05, 0) is 31.5 Å². The summed E-state index contributed by atoms with van der Waals surface area (Å²) >= 11 is 0. The van der Waals surface area contributed by atoms with Gasteiger partial charge < -0.3 is 32.7 Å². The molecule has 0 radical (unpaired) electrons. The number of amides is 2. The van der Waals surface area contributed by atoms with Crippen LogP contribution in [0.5, 0.6) is 0 Å². The first-order chi connectivity index (χ1) is 14.0. The second-order valence-electron chi connectivity index (χ2n) is 6.85. The maximum absolute atomic E-state index is 12.1. The Balaban J connectivity index is 1.71. The monoisotopic (exact) mass is 401 g/mol. The minimum Gasteiger partial charge on any atom is -0.346 e. The Bertz CT molecular complexity index is 793. The summed E-state index contributed by atoms with van der Waals surface area (Å²) in [7, 11) is 0. The van der Waals surface area contributed by atoms with Crippen molar-refractivity contribution in [1.29, 1.82) is 0 Å². The van der Waals surface area contributed by atoms with Crippen LogP contribution in [-0.2, 0) is 9.59 Å². The van der Waals surface area contributed by atoms with E-state index in [4.69, 9.17) is 17.2 Å². The van der Waals surface area contributed by atoms with E-state index >= 15 is 0 Å². The Morgan fingerprint density at radius 2 is 1.83 bits per heavy atom. The Kier molecular flexibility index (Phi) is 9.45. The number of para-hydroxylation sites is 1. The second-order valence-corrected chi connectivity index (χ2v) is 6.85. The van der Waals surface area contributed by atoms with Crippen LogP contribution in [0.3, 0.4) is 0 Å². The van der Waals surface area contributed by atoms with Gasteiger partial charge in [-0.25, -0.2) is 0 Å². The van der Waals surface area contributed by atoms with Crippen LogP contribution in [0.4, 0.5) is 5.69 Å². The van der Waals surface area contributed by atoms with Gasteiger partial charge in [-0.3, -0.25) is 14.6 Å². The number of anilines is 1. The van der Waals surface area contributed by atoms with Crippen molar-refractivity contribution in [3.05, 3.63) is 36.5 Å². The summed E-state index contributed by atoms with van der Waals surface area (Å²) < 4.78 is 0. The smallest absolute Gasteiger partial charge is 0.243 e. The van der Waals surface area contributed by atoms with Gasteiger partial charge in [-0.1, -0.05) is 18.2 Å². The van der Waals surface area contributed by atoms with E-state index in [1.165, 1.54) is 0 Å². The van der Waals surface area contributed by atoms with Gasteiger partial charge in [-0.2, -0.15) is 0 Å². The van der Waals surface area contributed by atoms with E-state index < -0.39 is 6.04 Å². The molecule has 1 heterocycles. The summed E-state index contributed by atoms with van der Waals surface area (Å²) in [5, 5.41) is 6.23. The molecular formula is C20H31N7O2. The lowest BCUT2D eigenvalue weighted by atomic mass is 10.1. The lowest BCUT2D eigenvalue weighted by Gasteiger charge is -2.21. The van der Waals surface area contributed by atoms with Gasteiger partial charge in [0.25, 0.3) is 0 Å². The summed E-state index contributed by atoms with van der Waals surface area (Å²) in [6, 6.07) is 8.79. The molecule has 0 aliphatic heterocycles. The Hall–Kier alpha value is -2.59. The van der Waals surface area contributed by atoms with E-state index in [0.717, 1.165) is 37.0 Å². The van der Waals surface area contributed by atoms with Crippen LogP contribution in [0.25, 0.3) is 10.9 Å². The summed E-state index contributed by atoms with van der Waals surface area (Å²) in [6.45, 7) is 3.30. The van der Waals surface area contributed by atoms with Crippen molar-refractivity contribution in [1.82, 2.24) is 15.2 Å². The van der Waals surface area contributed by atoms with Crippen molar-refractivity contribution in [3.8, 4) is 0 Å². The highest BCUT2D eigenvalue weighted by Crippen LogP contribution is 2.15. The van der Waals surface area contributed by atoms with Gasteiger partial charge in [0, 0.05) is 31.6 Å². The zero-order valence-corrected chi connectivity index (χ0v) is 16.6. The number of fused-ring (bicyclic) bond motifs is 1. The molecule has 2 rings (SSSR count). The predicted molar refractivity (Wildman–Crippen MR) is 115 cm³/mol. The third-order valence-corrected chi connectivity index (χ3v) is 4.51. The van der Waals surface area contributed by atoms with Gasteiger partial charge >= 0.3 is 0 Å². The average molecular weight is 402 g/mol. The first-order valence-corrected chi connectivity index (χ1v) is 9.84. The van der Waals surface area contributed by atoms with Gasteiger partial charge in [0.15, 0.2) is 0 Å². The van der Waals surface area contributed by atoms with Crippen molar-refractivity contribution in [3.63, 3.8) is 0 Å². The molecule has 1 aromatic heterocycles. The fraction of sp³-hybridized carbons (Fsp3) is 0.450. The number of carbonyl (C=O) groups excluding carboxylic acids is 2. The first kappa shape index (κ1) is 22.7. The number of aromatic nitrogens is 1. The maximum Gasteiger partial charge on any atom is 0.243 e. The summed E-state index contributed by atoms with van der Waals surface area (Å²) in [5.74, 6) is -0.680. The van der Waals surface area contributed by atoms with Crippen molar-refractivity contribution in [2.24, 2.45) is 17.2 Å². The Labute approximate surface area is 171 Å². The van der Waals surface area contributed by atoms with Crippen LogP contribution >= 0.6 is 0 Å². The molecule has 9 heteroatoms. The number of rotatable bonds is 12. The molecule has 158 valence electrons. The molecule has 1 atom stereocenters. The van der Waals surface area contributed by atoms with Crippen LogP contribution in [-0.4, -0.2) is 67.0 Å². The SMILES string of the molecule is NCCN(CCN)CCCC(N)C(=O)NCC(=O)Nc1cnc2ccccc2c1. The molecule has 0 saturated carbocycles. The number of nitrogens with zero attached hydrogens (tertiary/aromatic N) is 2. The molecule has 2 amide bonds. The molecule has 29 heavy (non-hydrogen) atoms. The molecule has 1 unspecified atom stereocenters. The molecule has 0 saturated heterocycles. The van der Waals surface area contributed by atoms with E-state index in [1.807, 2.05) is 30.3 Å². The zero-order chi connectivity index (χ0) is 21.1. The van der Waals surface area contributed by atoms with Gasteiger partial charge in [0.05, 0.1) is 30.0 Å². The molecule has 0 aliphatic carbocycles. The Morgan fingerprint density at radius 3 is 2.55 bits per heavy atom. The van der Waals surface area contributed by atoms with E-state index in [0.29, 0.717) is 25.2 Å². The molecule has 0 aliphatic rings. The largest absolute Gasteiger partial charge is 0.346 e. The molecule has 8 N–H and O–H groups in total. The number of nitrogens with one attached hydrogen (secondary N) is 2. The Morgan fingerprint density at radius 1 is 1.10 bits per heavy atom. The van der Waals surface area contributed by atoms with Crippen LogP contribution in [0.15, 0.2) is 36.5 Å². The van der Waals surface area contributed by atoms with Gasteiger partial charge in [0.1, 0.15) is 0 Å². The van der Waals surface area contributed by atoms with Crippen molar-refractivity contribution in [2.45, 2.75) is 18.9 Å². The molecule has 0 spiro atoms. The summed E-state index contributed by atoms with van der Waals surface area (Å²) in [6.07, 6.45) is 2.86. The molecule has 0 bridgehead atoms.